The molecule has 0 spiro atoms. The number of rotatable bonds is 7. The fraction of sp³-hybridized carbons (Fsp3) is 0.400. The topological polar surface area (TPSA) is 113 Å². The van der Waals surface area contributed by atoms with Crippen molar-refractivity contribution in [2.75, 3.05) is 26.2 Å². The summed E-state index contributed by atoms with van der Waals surface area (Å²) in [5, 5.41) is 0.480. The van der Waals surface area contributed by atoms with Gasteiger partial charge in [-0.15, -0.1) is 0 Å². The summed E-state index contributed by atoms with van der Waals surface area (Å²) in [4.78, 5) is 35.2. The Kier molecular flexibility index (Phi) is 6.68. The fourth-order valence-electron chi connectivity index (χ4n) is 4.69. The summed E-state index contributed by atoms with van der Waals surface area (Å²) in [6.07, 6.45) is 3.30. The highest BCUT2D eigenvalue weighted by molar-refractivity contribution is 7.89. The van der Waals surface area contributed by atoms with Gasteiger partial charge in [0, 0.05) is 31.8 Å². The van der Waals surface area contributed by atoms with E-state index in [2.05, 4.69) is 9.97 Å². The predicted octanol–water partition coefficient (Wildman–Crippen LogP) is 2.53. The lowest BCUT2D eigenvalue weighted by Crippen LogP contribution is -2.38. The molecule has 3 heterocycles. The molecule has 10 heteroatoms. The van der Waals surface area contributed by atoms with Gasteiger partial charge >= 0.3 is 0 Å². The van der Waals surface area contributed by atoms with Gasteiger partial charge in [0.05, 0.1) is 28.4 Å². The third kappa shape index (κ3) is 5.00. The summed E-state index contributed by atoms with van der Waals surface area (Å²) in [6.45, 7) is 2.01. The van der Waals surface area contributed by atoms with E-state index in [1.54, 1.807) is 41.3 Å². The van der Waals surface area contributed by atoms with Gasteiger partial charge in [-0.3, -0.25) is 9.59 Å². The average Bonchev–Trinajstić information content (AvgIpc) is 3.58. The van der Waals surface area contributed by atoms with Gasteiger partial charge in [-0.25, -0.2) is 13.4 Å². The summed E-state index contributed by atoms with van der Waals surface area (Å²) in [5.41, 5.74) is 0.551. The van der Waals surface area contributed by atoms with Crippen LogP contribution in [-0.2, 0) is 21.3 Å². The highest BCUT2D eigenvalue weighted by atomic mass is 32.2. The van der Waals surface area contributed by atoms with Crippen LogP contribution in [0.4, 0.5) is 0 Å². The van der Waals surface area contributed by atoms with Crippen LogP contribution in [0.5, 0.6) is 0 Å². The van der Waals surface area contributed by atoms with E-state index in [0.717, 1.165) is 25.7 Å². The Bertz CT molecular complexity index is 1390. The summed E-state index contributed by atoms with van der Waals surface area (Å²) in [6, 6.07) is 13.2. The molecule has 0 saturated carbocycles. The van der Waals surface area contributed by atoms with Gasteiger partial charge in [0.25, 0.3) is 11.5 Å². The number of carbonyl (C=O) groups is 1. The minimum absolute atomic E-state index is 0.0713. The molecule has 2 aliphatic heterocycles. The standard InChI is InChI=1S/C25H28N4O5S/c30-24-21-10-1-2-11-22(21)26-23(27-24)17-28(16-19-8-6-14-34-19)25(31)18-7-5-9-20(15-18)35(32,33)29-12-3-4-13-29/h1-2,5,7,9-11,15,19H,3-4,6,8,12-14,16-17H2,(H,26,27,30). The number of hydrogen-bond acceptors (Lipinski definition) is 6. The fourth-order valence-corrected chi connectivity index (χ4v) is 6.26. The first-order valence-corrected chi connectivity index (χ1v) is 13.3. The Morgan fingerprint density at radius 2 is 1.91 bits per heavy atom. The van der Waals surface area contributed by atoms with E-state index < -0.39 is 10.0 Å². The molecule has 2 fully saturated rings. The summed E-state index contributed by atoms with van der Waals surface area (Å²) < 4.78 is 33.3. The number of nitrogens with one attached hydrogen (secondary N) is 1. The van der Waals surface area contributed by atoms with Crippen molar-refractivity contribution in [2.45, 2.75) is 43.2 Å². The maximum absolute atomic E-state index is 13.6. The van der Waals surface area contributed by atoms with Crippen molar-refractivity contribution in [1.82, 2.24) is 19.2 Å². The van der Waals surface area contributed by atoms with E-state index >= 15 is 0 Å². The number of sulfonamides is 1. The molecular formula is C25H28N4O5S. The Hall–Kier alpha value is -3.08. The number of nitrogens with zero attached hydrogens (tertiary/aromatic N) is 3. The number of H-pyrrole nitrogens is 1. The van der Waals surface area contributed by atoms with E-state index in [0.29, 0.717) is 43.0 Å². The molecule has 0 radical (unpaired) electrons. The molecule has 0 aliphatic carbocycles. The van der Waals surface area contributed by atoms with Crippen LogP contribution in [0, 0.1) is 0 Å². The molecule has 184 valence electrons. The Morgan fingerprint density at radius 1 is 1.11 bits per heavy atom. The van der Waals surface area contributed by atoms with E-state index in [4.69, 9.17) is 4.74 Å². The highest BCUT2D eigenvalue weighted by Crippen LogP contribution is 2.23. The number of hydrogen-bond donors (Lipinski definition) is 1. The van der Waals surface area contributed by atoms with Crippen LogP contribution < -0.4 is 5.56 Å². The molecule has 1 N–H and O–H groups in total. The molecule has 2 aromatic carbocycles. The maximum Gasteiger partial charge on any atom is 0.258 e. The predicted molar refractivity (Wildman–Crippen MR) is 131 cm³/mol. The van der Waals surface area contributed by atoms with Crippen molar-refractivity contribution in [3.8, 4) is 0 Å². The second-order valence-electron chi connectivity index (χ2n) is 8.99. The van der Waals surface area contributed by atoms with E-state index in [1.807, 2.05) is 0 Å². The van der Waals surface area contributed by atoms with Crippen LogP contribution in [0.15, 0.2) is 58.2 Å². The molecule has 1 aromatic heterocycles. The van der Waals surface area contributed by atoms with Crippen LogP contribution in [0.25, 0.3) is 10.9 Å². The van der Waals surface area contributed by atoms with Gasteiger partial charge in [-0.05, 0) is 56.0 Å². The van der Waals surface area contributed by atoms with E-state index in [-0.39, 0.29) is 34.6 Å². The molecule has 1 atom stereocenters. The molecule has 3 aromatic rings. The lowest BCUT2D eigenvalue weighted by molar-refractivity contribution is 0.0501. The van der Waals surface area contributed by atoms with Gasteiger partial charge in [0.2, 0.25) is 10.0 Å². The van der Waals surface area contributed by atoms with E-state index in [9.17, 15) is 18.0 Å². The normalized spacial score (nSPS) is 18.8. The van der Waals surface area contributed by atoms with Crippen LogP contribution in [0.3, 0.4) is 0 Å². The monoisotopic (exact) mass is 496 g/mol. The smallest absolute Gasteiger partial charge is 0.258 e. The Labute approximate surface area is 203 Å². The molecule has 0 bridgehead atoms. The third-order valence-electron chi connectivity index (χ3n) is 6.52. The van der Waals surface area contributed by atoms with Gasteiger partial charge < -0.3 is 14.6 Å². The molecule has 2 aliphatic rings. The number of aromatic amines is 1. The average molecular weight is 497 g/mol. The first-order valence-electron chi connectivity index (χ1n) is 11.9. The zero-order chi connectivity index (χ0) is 24.4. The summed E-state index contributed by atoms with van der Waals surface area (Å²) in [7, 11) is -3.65. The summed E-state index contributed by atoms with van der Waals surface area (Å²) in [5.74, 6) is 0.0238. The Balaban J connectivity index is 1.45. The molecule has 5 rings (SSSR count). The SMILES string of the molecule is O=C(c1cccc(S(=O)(=O)N2CCCC2)c1)N(Cc1nc2ccccc2c(=O)[nH]1)CC1CCCO1. The number of amides is 1. The van der Waals surface area contributed by atoms with Crippen molar-refractivity contribution in [1.29, 1.82) is 0 Å². The van der Waals surface area contributed by atoms with Gasteiger partial charge in [0.15, 0.2) is 0 Å². The quantitative estimate of drug-likeness (QED) is 0.538. The zero-order valence-corrected chi connectivity index (χ0v) is 20.2. The van der Waals surface area contributed by atoms with Gasteiger partial charge in [-0.2, -0.15) is 4.31 Å². The largest absolute Gasteiger partial charge is 0.376 e. The van der Waals surface area contributed by atoms with E-state index in [1.165, 1.54) is 16.4 Å². The van der Waals surface area contributed by atoms with Crippen molar-refractivity contribution < 1.29 is 17.9 Å². The zero-order valence-electron chi connectivity index (χ0n) is 19.4. The maximum atomic E-state index is 13.6. The number of aromatic nitrogens is 2. The van der Waals surface area contributed by atoms with Gasteiger partial charge in [-0.1, -0.05) is 18.2 Å². The molecule has 1 unspecified atom stereocenters. The van der Waals surface area contributed by atoms with Crippen molar-refractivity contribution in [2.24, 2.45) is 0 Å². The molecular weight excluding hydrogens is 468 g/mol. The summed E-state index contributed by atoms with van der Waals surface area (Å²) >= 11 is 0. The first-order chi connectivity index (χ1) is 16.9. The van der Waals surface area contributed by atoms with Crippen LogP contribution in [-0.4, -0.2) is 65.8 Å². The van der Waals surface area contributed by atoms with Crippen molar-refractivity contribution in [3.63, 3.8) is 0 Å². The first kappa shape index (κ1) is 23.7. The molecule has 35 heavy (non-hydrogen) atoms. The second-order valence-corrected chi connectivity index (χ2v) is 10.9. The molecule has 9 nitrogen and oxygen atoms in total. The lowest BCUT2D eigenvalue weighted by Gasteiger charge is -2.25. The molecule has 1 amide bonds. The number of carbonyl (C=O) groups excluding carboxylic acids is 1. The van der Waals surface area contributed by atoms with Gasteiger partial charge in [0.1, 0.15) is 5.82 Å². The lowest BCUT2D eigenvalue weighted by atomic mass is 10.1. The minimum Gasteiger partial charge on any atom is -0.376 e. The number of ether oxygens (including phenoxy) is 1. The van der Waals surface area contributed by atoms with Crippen molar-refractivity contribution in [3.05, 3.63) is 70.3 Å². The van der Waals surface area contributed by atoms with Crippen molar-refractivity contribution >= 4 is 26.8 Å². The molecule has 2 saturated heterocycles. The number of para-hydroxylation sites is 1. The number of fused-ring (bicyclic) bond motifs is 1. The second kappa shape index (κ2) is 9.88. The highest BCUT2D eigenvalue weighted by Gasteiger charge is 2.29. The Morgan fingerprint density at radius 3 is 2.69 bits per heavy atom. The van der Waals surface area contributed by atoms with Crippen LogP contribution >= 0.6 is 0 Å². The third-order valence-corrected chi connectivity index (χ3v) is 8.42. The minimum atomic E-state index is -3.65. The van der Waals surface area contributed by atoms with Crippen LogP contribution in [0.2, 0.25) is 0 Å². The van der Waals surface area contributed by atoms with Crippen LogP contribution in [0.1, 0.15) is 41.9 Å². The number of benzene rings is 2.